The molecule has 0 radical (unpaired) electrons. The summed E-state index contributed by atoms with van der Waals surface area (Å²) in [6.45, 7) is 19.0. The number of nitrogens with zero attached hydrogens (tertiary/aromatic N) is 3. The average Bonchev–Trinajstić information content (AvgIpc) is 3.34. The molecule has 0 saturated carbocycles. The van der Waals surface area contributed by atoms with Gasteiger partial charge in [-0.2, -0.15) is 0 Å². The van der Waals surface area contributed by atoms with E-state index in [2.05, 4.69) is 68.5 Å². The number of H-pyrrole nitrogens is 1. The fourth-order valence-corrected chi connectivity index (χ4v) is 6.42. The molecule has 1 atom stereocenters. The third-order valence-electron chi connectivity index (χ3n) is 9.50. The Kier molecular flexibility index (Phi) is 9.12. The minimum absolute atomic E-state index is 0.0391. The van der Waals surface area contributed by atoms with Crippen LogP contribution in [0.4, 0.5) is 5.82 Å². The van der Waals surface area contributed by atoms with Gasteiger partial charge in [-0.15, -0.1) is 0 Å². The first-order valence-electron chi connectivity index (χ1n) is 16.0. The quantitative estimate of drug-likeness (QED) is 0.278. The van der Waals surface area contributed by atoms with Crippen molar-refractivity contribution in [3.8, 4) is 16.9 Å². The number of Topliss-reactive ketones (excluding diaryl/α,β-unsaturated/α-hetero) is 1. The number of ketones is 1. The zero-order valence-corrected chi connectivity index (χ0v) is 27.0. The molecule has 230 valence electrons. The molecule has 2 aromatic heterocycles. The number of benzene rings is 1. The van der Waals surface area contributed by atoms with Crippen molar-refractivity contribution in [2.75, 3.05) is 31.1 Å². The van der Waals surface area contributed by atoms with Crippen LogP contribution in [0.25, 0.3) is 11.1 Å². The van der Waals surface area contributed by atoms with Crippen molar-refractivity contribution in [2.24, 2.45) is 5.92 Å². The lowest BCUT2D eigenvalue weighted by Crippen LogP contribution is -2.49. The Bertz CT molecular complexity index is 1520. The van der Waals surface area contributed by atoms with Crippen LogP contribution in [0.15, 0.2) is 41.3 Å². The van der Waals surface area contributed by atoms with Gasteiger partial charge >= 0.3 is 0 Å². The van der Waals surface area contributed by atoms with Gasteiger partial charge in [-0.25, -0.2) is 4.98 Å². The maximum absolute atomic E-state index is 13.7. The molecule has 5 rings (SSSR count). The van der Waals surface area contributed by atoms with Crippen molar-refractivity contribution in [3.63, 3.8) is 0 Å². The lowest BCUT2D eigenvalue weighted by atomic mass is 9.87. The van der Waals surface area contributed by atoms with E-state index in [9.17, 15) is 9.59 Å². The molecule has 2 aliphatic rings. The summed E-state index contributed by atoms with van der Waals surface area (Å²) in [5, 5.41) is 0. The number of pyridine rings is 2. The van der Waals surface area contributed by atoms with E-state index in [1.165, 1.54) is 0 Å². The molecule has 4 heterocycles. The van der Waals surface area contributed by atoms with Gasteiger partial charge in [0.15, 0.2) is 5.78 Å². The van der Waals surface area contributed by atoms with Gasteiger partial charge in [0.2, 0.25) is 0 Å². The second-order valence-electron chi connectivity index (χ2n) is 13.2. The van der Waals surface area contributed by atoms with Crippen molar-refractivity contribution >= 4 is 11.6 Å². The van der Waals surface area contributed by atoms with Crippen molar-refractivity contribution < 1.29 is 9.53 Å². The van der Waals surface area contributed by atoms with Crippen LogP contribution in [0, 0.1) is 12.8 Å². The first kappa shape index (κ1) is 31.0. The van der Waals surface area contributed by atoms with Gasteiger partial charge < -0.3 is 14.6 Å². The van der Waals surface area contributed by atoms with Gasteiger partial charge in [0.1, 0.15) is 17.2 Å². The number of carbonyl (C=O) groups excluding carboxylic acids is 1. The predicted molar refractivity (Wildman–Crippen MR) is 175 cm³/mol. The fraction of sp³-hybridized carbons (Fsp3) is 0.528. The largest absolute Gasteiger partial charge is 0.486 e. The summed E-state index contributed by atoms with van der Waals surface area (Å²) in [5.41, 5.74) is 5.80. The van der Waals surface area contributed by atoms with E-state index in [0.717, 1.165) is 90.5 Å². The number of fused-ring (bicyclic) bond motifs is 1. The first-order chi connectivity index (χ1) is 20.5. The Morgan fingerprint density at radius 3 is 2.44 bits per heavy atom. The van der Waals surface area contributed by atoms with E-state index in [0.29, 0.717) is 23.9 Å². The van der Waals surface area contributed by atoms with E-state index in [-0.39, 0.29) is 23.4 Å². The Hall–Kier alpha value is -3.45. The standard InChI is InChI=1S/C36H48N4O3/c1-8-9-26-18-25(6)38-35(42)30(26)11-12-32(41)28-19-29-21-36(7,23(2)3)43-34(29)31(20-28)27-10-13-33(37-22-27)40-16-14-39(15-17-40)24(4)5/h10,13,18-20,22-24H,8-9,11-12,14-17,21H2,1-7H3,(H,38,42). The molecule has 2 aliphatic heterocycles. The summed E-state index contributed by atoms with van der Waals surface area (Å²) < 4.78 is 6.66. The normalized spacial score (nSPS) is 18.8. The van der Waals surface area contributed by atoms with Gasteiger partial charge in [0.05, 0.1) is 0 Å². The highest BCUT2D eigenvalue weighted by Crippen LogP contribution is 2.46. The molecule has 3 aromatic rings. The number of hydrogen-bond acceptors (Lipinski definition) is 6. The minimum atomic E-state index is -0.341. The number of anilines is 1. The zero-order valence-electron chi connectivity index (χ0n) is 27.0. The van der Waals surface area contributed by atoms with Crippen LogP contribution in [0.3, 0.4) is 0 Å². The molecule has 1 N–H and O–H groups in total. The molecule has 0 bridgehead atoms. The molecule has 1 aromatic carbocycles. The summed E-state index contributed by atoms with van der Waals surface area (Å²) in [6, 6.07) is 10.8. The first-order valence-corrected chi connectivity index (χ1v) is 16.0. The highest BCUT2D eigenvalue weighted by molar-refractivity contribution is 5.98. The molecule has 0 aliphatic carbocycles. The molecule has 1 fully saturated rings. The van der Waals surface area contributed by atoms with Crippen LogP contribution in [0.1, 0.15) is 87.1 Å². The lowest BCUT2D eigenvalue weighted by molar-refractivity contribution is 0.0651. The Morgan fingerprint density at radius 1 is 1.07 bits per heavy atom. The smallest absolute Gasteiger partial charge is 0.251 e. The number of ether oxygens (including phenoxy) is 1. The Morgan fingerprint density at radius 2 is 1.81 bits per heavy atom. The number of nitrogens with one attached hydrogen (secondary N) is 1. The topological polar surface area (TPSA) is 78.5 Å². The summed E-state index contributed by atoms with van der Waals surface area (Å²) >= 11 is 0. The monoisotopic (exact) mass is 584 g/mol. The maximum atomic E-state index is 13.7. The lowest BCUT2D eigenvalue weighted by Gasteiger charge is -2.37. The van der Waals surface area contributed by atoms with Gasteiger partial charge in [0, 0.05) is 79.2 Å². The number of aromatic nitrogens is 2. The van der Waals surface area contributed by atoms with Crippen LogP contribution in [-0.2, 0) is 19.3 Å². The van der Waals surface area contributed by atoms with Gasteiger partial charge in [-0.1, -0.05) is 27.2 Å². The zero-order chi connectivity index (χ0) is 30.9. The summed E-state index contributed by atoms with van der Waals surface area (Å²) in [5.74, 6) is 2.18. The van der Waals surface area contributed by atoms with Gasteiger partial charge in [-0.05, 0) is 87.9 Å². The fourth-order valence-electron chi connectivity index (χ4n) is 6.42. The minimum Gasteiger partial charge on any atom is -0.486 e. The second kappa shape index (κ2) is 12.7. The molecule has 0 amide bonds. The van der Waals surface area contributed by atoms with Crippen molar-refractivity contribution in [1.29, 1.82) is 0 Å². The maximum Gasteiger partial charge on any atom is 0.251 e. The number of aromatic amines is 1. The molecule has 7 nitrogen and oxygen atoms in total. The average molecular weight is 585 g/mol. The highest BCUT2D eigenvalue weighted by Gasteiger charge is 2.39. The summed E-state index contributed by atoms with van der Waals surface area (Å²) in [4.78, 5) is 39.1. The second-order valence-corrected chi connectivity index (χ2v) is 13.2. The SMILES string of the molecule is CCCc1cc(C)[nH]c(=O)c1CCC(=O)c1cc2c(c(-c3ccc(N4CCN(C(C)C)CC4)nc3)c1)OC(C)(C(C)C)C2. The number of rotatable bonds is 10. The van der Waals surface area contributed by atoms with Crippen LogP contribution >= 0.6 is 0 Å². The van der Waals surface area contributed by atoms with E-state index in [1.54, 1.807) is 0 Å². The molecule has 43 heavy (non-hydrogen) atoms. The van der Waals surface area contributed by atoms with E-state index in [1.807, 2.05) is 31.3 Å². The number of hydrogen-bond donors (Lipinski definition) is 1. The third-order valence-corrected chi connectivity index (χ3v) is 9.50. The molecule has 0 spiro atoms. The van der Waals surface area contributed by atoms with E-state index < -0.39 is 0 Å². The third kappa shape index (κ3) is 6.57. The Balaban J connectivity index is 1.42. The number of piperazine rings is 1. The number of aryl methyl sites for hydroxylation is 2. The van der Waals surface area contributed by atoms with Gasteiger partial charge in [0.25, 0.3) is 5.56 Å². The van der Waals surface area contributed by atoms with Gasteiger partial charge in [-0.3, -0.25) is 14.5 Å². The van der Waals surface area contributed by atoms with E-state index in [4.69, 9.17) is 9.72 Å². The predicted octanol–water partition coefficient (Wildman–Crippen LogP) is 6.39. The summed E-state index contributed by atoms with van der Waals surface area (Å²) in [7, 11) is 0. The molecular formula is C36H48N4O3. The molecular weight excluding hydrogens is 536 g/mol. The molecule has 1 unspecified atom stereocenters. The van der Waals surface area contributed by atoms with E-state index >= 15 is 0 Å². The van der Waals surface area contributed by atoms with Crippen molar-refractivity contribution in [3.05, 3.63) is 74.8 Å². The van der Waals surface area contributed by atoms with Crippen LogP contribution in [0.5, 0.6) is 5.75 Å². The van der Waals surface area contributed by atoms with Crippen molar-refractivity contribution in [2.45, 2.75) is 92.2 Å². The van der Waals surface area contributed by atoms with Crippen LogP contribution in [0.2, 0.25) is 0 Å². The summed E-state index contributed by atoms with van der Waals surface area (Å²) in [6.07, 6.45) is 5.16. The Labute approximate surface area is 256 Å². The molecule has 1 saturated heterocycles. The number of carbonyl (C=O) groups is 1. The highest BCUT2D eigenvalue weighted by atomic mass is 16.5. The van der Waals surface area contributed by atoms with Crippen LogP contribution < -0.4 is 15.2 Å². The van der Waals surface area contributed by atoms with Crippen molar-refractivity contribution in [1.82, 2.24) is 14.9 Å². The van der Waals surface area contributed by atoms with Crippen LogP contribution in [-0.4, -0.2) is 58.5 Å². The molecule has 7 heteroatoms.